The number of hydrogen-bond donors (Lipinski definition) is 1. The Morgan fingerprint density at radius 2 is 2.11 bits per heavy atom. The summed E-state index contributed by atoms with van der Waals surface area (Å²) in [4.78, 5) is 3.75. The fourth-order valence-corrected chi connectivity index (χ4v) is 2.09. The van der Waals surface area contributed by atoms with Crippen LogP contribution in [-0.4, -0.2) is 20.3 Å². The van der Waals surface area contributed by atoms with E-state index >= 15 is 0 Å². The van der Waals surface area contributed by atoms with Gasteiger partial charge in [0.15, 0.2) is 5.82 Å². The van der Waals surface area contributed by atoms with Crippen LogP contribution in [0.3, 0.4) is 0 Å². The predicted octanol–water partition coefficient (Wildman–Crippen LogP) is 3.44. The summed E-state index contributed by atoms with van der Waals surface area (Å²) in [6.07, 6.45) is -1.32. The van der Waals surface area contributed by atoms with Gasteiger partial charge in [0.25, 0.3) is 0 Å². The Balaban J connectivity index is 2.45. The molecule has 0 saturated carbocycles. The Hall–Kier alpha value is -1.70. The average molecular weight is 288 g/mol. The van der Waals surface area contributed by atoms with Crippen molar-refractivity contribution in [2.45, 2.75) is 19.5 Å². The van der Waals surface area contributed by atoms with Gasteiger partial charge in [0.1, 0.15) is 5.69 Å². The van der Waals surface area contributed by atoms with Gasteiger partial charge in [-0.2, -0.15) is 21.9 Å². The van der Waals surface area contributed by atoms with Gasteiger partial charge in [-0.05, 0) is 12.5 Å². The summed E-state index contributed by atoms with van der Waals surface area (Å²) in [5.41, 5.74) is -0.615. The molecule has 0 aliphatic carbocycles. The quantitative estimate of drug-likeness (QED) is 0.936. The summed E-state index contributed by atoms with van der Waals surface area (Å²) in [5, 5.41) is 2.96. The zero-order valence-electron chi connectivity index (χ0n) is 10.0. The lowest BCUT2D eigenvalue weighted by Crippen LogP contribution is -2.08. The summed E-state index contributed by atoms with van der Waals surface area (Å²) >= 11 is 0.873. The van der Waals surface area contributed by atoms with Crippen molar-refractivity contribution in [3.05, 3.63) is 24.0 Å². The van der Waals surface area contributed by atoms with Crippen LogP contribution in [0.5, 0.6) is 0 Å². The normalized spacial score (nSPS) is 11.6. The Labute approximate surface area is 112 Å². The fraction of sp³-hybridized carbons (Fsp3) is 0.364. The number of nitrogens with one attached hydrogen (secondary N) is 1. The van der Waals surface area contributed by atoms with Crippen LogP contribution in [0, 0.1) is 0 Å². The Morgan fingerprint density at radius 1 is 1.32 bits per heavy atom. The minimum absolute atomic E-state index is 0.0534. The third-order valence-electron chi connectivity index (χ3n) is 2.41. The molecule has 0 atom stereocenters. The SMILES string of the molecule is CCCNc1nsnc1-c1cnccc1C(F)(F)F. The van der Waals surface area contributed by atoms with E-state index in [1.54, 1.807) is 0 Å². The lowest BCUT2D eigenvalue weighted by atomic mass is 10.1. The molecule has 2 heterocycles. The standard InChI is InChI=1S/C11H11F3N4S/c1-2-4-16-10-9(17-19-18-10)7-6-15-5-3-8(7)11(12,13)14/h3,5-6H,2,4H2,1H3,(H,16,18). The molecule has 2 aromatic rings. The average Bonchev–Trinajstić information content (AvgIpc) is 2.83. The van der Waals surface area contributed by atoms with E-state index in [2.05, 4.69) is 19.0 Å². The lowest BCUT2D eigenvalue weighted by Gasteiger charge is -2.11. The molecule has 4 nitrogen and oxygen atoms in total. The molecule has 8 heteroatoms. The molecule has 0 aliphatic heterocycles. The summed E-state index contributed by atoms with van der Waals surface area (Å²) < 4.78 is 46.7. The van der Waals surface area contributed by atoms with Crippen molar-refractivity contribution < 1.29 is 13.2 Å². The number of rotatable bonds is 4. The van der Waals surface area contributed by atoms with Crippen LogP contribution >= 0.6 is 11.7 Å². The number of alkyl halides is 3. The van der Waals surface area contributed by atoms with Crippen LogP contribution in [0.4, 0.5) is 19.0 Å². The minimum atomic E-state index is -4.44. The number of aromatic nitrogens is 3. The number of nitrogens with zero attached hydrogens (tertiary/aromatic N) is 3. The van der Waals surface area contributed by atoms with Crippen molar-refractivity contribution in [2.24, 2.45) is 0 Å². The van der Waals surface area contributed by atoms with Crippen LogP contribution < -0.4 is 5.32 Å². The van der Waals surface area contributed by atoms with E-state index in [0.29, 0.717) is 12.4 Å². The summed E-state index contributed by atoms with van der Waals surface area (Å²) in [7, 11) is 0. The topological polar surface area (TPSA) is 50.7 Å². The molecule has 0 aromatic carbocycles. The highest BCUT2D eigenvalue weighted by molar-refractivity contribution is 6.99. The van der Waals surface area contributed by atoms with Gasteiger partial charge in [-0.1, -0.05) is 6.92 Å². The van der Waals surface area contributed by atoms with E-state index in [4.69, 9.17) is 0 Å². The predicted molar refractivity (Wildman–Crippen MR) is 66.9 cm³/mol. The first-order chi connectivity index (χ1) is 9.04. The zero-order valence-corrected chi connectivity index (χ0v) is 10.8. The molecule has 0 fully saturated rings. The van der Waals surface area contributed by atoms with Crippen molar-refractivity contribution in [1.82, 2.24) is 13.7 Å². The second-order valence-electron chi connectivity index (χ2n) is 3.81. The number of hydrogen-bond acceptors (Lipinski definition) is 5. The van der Waals surface area contributed by atoms with E-state index in [1.165, 1.54) is 0 Å². The molecule has 2 rings (SSSR count). The monoisotopic (exact) mass is 288 g/mol. The Kier molecular flexibility index (Phi) is 3.98. The maximum Gasteiger partial charge on any atom is 0.417 e. The van der Waals surface area contributed by atoms with Crippen molar-refractivity contribution in [3.8, 4) is 11.3 Å². The maximum atomic E-state index is 12.9. The van der Waals surface area contributed by atoms with E-state index < -0.39 is 11.7 Å². The van der Waals surface area contributed by atoms with Crippen LogP contribution in [0.15, 0.2) is 18.5 Å². The first kappa shape index (κ1) is 13.7. The molecule has 0 bridgehead atoms. The second-order valence-corrected chi connectivity index (χ2v) is 4.34. The highest BCUT2D eigenvalue weighted by Gasteiger charge is 2.34. The molecule has 0 aliphatic rings. The molecular formula is C11H11F3N4S. The molecule has 19 heavy (non-hydrogen) atoms. The molecule has 0 radical (unpaired) electrons. The van der Waals surface area contributed by atoms with E-state index in [1.807, 2.05) is 6.92 Å². The number of pyridine rings is 1. The van der Waals surface area contributed by atoms with Crippen molar-refractivity contribution in [3.63, 3.8) is 0 Å². The van der Waals surface area contributed by atoms with Gasteiger partial charge in [-0.3, -0.25) is 4.98 Å². The van der Waals surface area contributed by atoms with Gasteiger partial charge >= 0.3 is 6.18 Å². The Bertz CT molecular complexity index is 553. The van der Waals surface area contributed by atoms with E-state index in [9.17, 15) is 13.2 Å². The van der Waals surface area contributed by atoms with Crippen LogP contribution in [-0.2, 0) is 6.18 Å². The van der Waals surface area contributed by atoms with E-state index in [-0.39, 0.29) is 11.3 Å². The van der Waals surface area contributed by atoms with Crippen LogP contribution in [0.2, 0.25) is 0 Å². The van der Waals surface area contributed by atoms with Crippen LogP contribution in [0.25, 0.3) is 11.3 Å². The third-order valence-corrected chi connectivity index (χ3v) is 2.94. The highest BCUT2D eigenvalue weighted by Crippen LogP contribution is 2.38. The summed E-state index contributed by atoms with van der Waals surface area (Å²) in [5.74, 6) is 0.366. The van der Waals surface area contributed by atoms with Crippen LogP contribution in [0.1, 0.15) is 18.9 Å². The van der Waals surface area contributed by atoms with E-state index in [0.717, 1.165) is 36.6 Å². The maximum absolute atomic E-state index is 12.9. The largest absolute Gasteiger partial charge is 0.417 e. The molecular weight excluding hydrogens is 277 g/mol. The number of anilines is 1. The minimum Gasteiger partial charge on any atom is -0.367 e. The fourth-order valence-electron chi connectivity index (χ4n) is 1.56. The third kappa shape index (κ3) is 3.01. The zero-order chi connectivity index (χ0) is 13.9. The molecule has 102 valence electrons. The molecule has 1 N–H and O–H groups in total. The van der Waals surface area contributed by atoms with Crippen molar-refractivity contribution in [1.29, 1.82) is 0 Å². The highest BCUT2D eigenvalue weighted by atomic mass is 32.1. The summed E-state index contributed by atoms with van der Waals surface area (Å²) in [6.45, 7) is 2.58. The van der Waals surface area contributed by atoms with Gasteiger partial charge in [-0.15, -0.1) is 0 Å². The molecule has 0 amide bonds. The summed E-state index contributed by atoms with van der Waals surface area (Å²) in [6, 6.07) is 0.943. The molecule has 0 saturated heterocycles. The second kappa shape index (κ2) is 5.52. The van der Waals surface area contributed by atoms with Gasteiger partial charge in [0, 0.05) is 24.5 Å². The van der Waals surface area contributed by atoms with Crippen molar-refractivity contribution in [2.75, 3.05) is 11.9 Å². The molecule has 0 unspecified atom stereocenters. The van der Waals surface area contributed by atoms with Gasteiger partial charge in [-0.25, -0.2) is 0 Å². The van der Waals surface area contributed by atoms with Gasteiger partial charge < -0.3 is 5.32 Å². The number of halogens is 3. The first-order valence-electron chi connectivity index (χ1n) is 5.62. The smallest absolute Gasteiger partial charge is 0.367 e. The molecule has 0 spiro atoms. The van der Waals surface area contributed by atoms with Gasteiger partial charge in [0.05, 0.1) is 17.3 Å². The lowest BCUT2D eigenvalue weighted by molar-refractivity contribution is -0.137. The Morgan fingerprint density at radius 3 is 2.79 bits per heavy atom. The van der Waals surface area contributed by atoms with Crippen molar-refractivity contribution >= 4 is 17.5 Å². The molecule has 2 aromatic heterocycles. The van der Waals surface area contributed by atoms with Gasteiger partial charge in [0.2, 0.25) is 0 Å². The first-order valence-corrected chi connectivity index (χ1v) is 6.35.